The van der Waals surface area contributed by atoms with Crippen molar-refractivity contribution in [1.29, 1.82) is 0 Å². The highest BCUT2D eigenvalue weighted by molar-refractivity contribution is 5.98. The summed E-state index contributed by atoms with van der Waals surface area (Å²) in [5, 5.41) is 17.5. The van der Waals surface area contributed by atoms with E-state index in [0.717, 1.165) is 0 Å². The van der Waals surface area contributed by atoms with Gasteiger partial charge >= 0.3 is 0 Å². The number of hydrogen-bond acceptors (Lipinski definition) is 7. The lowest BCUT2D eigenvalue weighted by Gasteiger charge is -2.28. The van der Waals surface area contributed by atoms with Gasteiger partial charge in [-0.25, -0.2) is 0 Å². The summed E-state index contributed by atoms with van der Waals surface area (Å²) in [6, 6.07) is 0.104. The van der Waals surface area contributed by atoms with Crippen molar-refractivity contribution in [3.05, 3.63) is 30.1 Å². The number of carbonyl (C=O) groups is 5. The molecule has 5 atom stereocenters. The van der Waals surface area contributed by atoms with Crippen LogP contribution in [0.15, 0.2) is 24.5 Å². The zero-order valence-electron chi connectivity index (χ0n) is 27.8. The zero-order chi connectivity index (χ0) is 33.2. The van der Waals surface area contributed by atoms with E-state index in [9.17, 15) is 24.0 Å². The number of aromatic nitrogens is 1. The van der Waals surface area contributed by atoms with Crippen LogP contribution in [0.1, 0.15) is 97.9 Å². The van der Waals surface area contributed by atoms with Crippen LogP contribution in [0.5, 0.6) is 0 Å². The molecule has 6 N–H and O–H groups in total. The van der Waals surface area contributed by atoms with Crippen molar-refractivity contribution in [3.8, 4) is 0 Å². The molecule has 0 saturated carbocycles. The predicted octanol–water partition coefficient (Wildman–Crippen LogP) is 2.05. The molecule has 0 bridgehead atoms. The van der Waals surface area contributed by atoms with E-state index in [1.165, 1.54) is 6.20 Å². The molecule has 0 aromatic carbocycles. The molecule has 1 aromatic rings. The summed E-state index contributed by atoms with van der Waals surface area (Å²) < 4.78 is 0. The Hall–Kier alpha value is -3.54. The molecule has 0 aliphatic carbocycles. The molecule has 12 heteroatoms. The Kier molecular flexibility index (Phi) is 17.9. The first-order valence-corrected chi connectivity index (χ1v) is 16.0. The van der Waals surface area contributed by atoms with E-state index in [-0.39, 0.29) is 35.6 Å². The monoisotopic (exact) mass is 617 g/mol. The number of nitrogens with zero attached hydrogens (tertiary/aromatic N) is 1. The maximum absolute atomic E-state index is 13.4. The van der Waals surface area contributed by atoms with Crippen LogP contribution in [0.3, 0.4) is 0 Å². The Morgan fingerprint density at radius 2 is 1.39 bits per heavy atom. The molecule has 0 aliphatic heterocycles. The van der Waals surface area contributed by atoms with E-state index < -0.39 is 36.0 Å². The van der Waals surface area contributed by atoms with E-state index in [0.29, 0.717) is 50.8 Å². The van der Waals surface area contributed by atoms with Gasteiger partial charge in [0.2, 0.25) is 23.6 Å². The third-order valence-electron chi connectivity index (χ3n) is 7.10. The van der Waals surface area contributed by atoms with Crippen molar-refractivity contribution >= 4 is 29.5 Å². The van der Waals surface area contributed by atoms with Gasteiger partial charge in [-0.05, 0) is 57.1 Å². The van der Waals surface area contributed by atoms with Gasteiger partial charge in [0, 0.05) is 31.5 Å². The first-order chi connectivity index (χ1) is 20.8. The largest absolute Gasteiger partial charge is 0.355 e. The quantitative estimate of drug-likeness (QED) is 0.130. The molecule has 44 heavy (non-hydrogen) atoms. The molecule has 12 nitrogen and oxygen atoms in total. The molecule has 0 spiro atoms. The molecule has 0 saturated heterocycles. The van der Waals surface area contributed by atoms with Gasteiger partial charge < -0.3 is 31.9 Å². The van der Waals surface area contributed by atoms with Crippen molar-refractivity contribution in [3.63, 3.8) is 0 Å². The summed E-state index contributed by atoms with van der Waals surface area (Å²) in [5.74, 6) is -1.52. The van der Waals surface area contributed by atoms with E-state index >= 15 is 0 Å². The summed E-state index contributed by atoms with van der Waals surface area (Å²) in [6.45, 7) is 16.0. The van der Waals surface area contributed by atoms with Crippen LogP contribution in [-0.4, -0.2) is 77.8 Å². The predicted molar refractivity (Wildman–Crippen MR) is 172 cm³/mol. The second-order valence-electron chi connectivity index (χ2n) is 12.0. The van der Waals surface area contributed by atoms with Gasteiger partial charge in [0.25, 0.3) is 5.91 Å². The van der Waals surface area contributed by atoms with E-state index in [2.05, 4.69) is 36.9 Å². The highest BCUT2D eigenvalue weighted by Gasteiger charge is 2.29. The highest BCUT2D eigenvalue weighted by Crippen LogP contribution is 2.08. The number of likely N-dealkylation sites (N-methyl/N-ethyl adjacent to an activating group) is 1. The standard InChI is InChI=1S/C32H55N7O5/c1-9-13-25(38-31(43)26(14-10-2)37-29(41)23-15-12-16-33-18-23)30(42)36-24(17-20(4)5)19-35-22(8)28(40)39-27(21(6)7)32(44)34-11-3/h12,15-16,18,20-22,24-27,35H,9-11,13-14,17,19H2,1-8H3,(H,34,44)(H,36,42)(H,37,41)(H,38,43)(H,39,40)/t22-,24?,25-,26?,27?/m0/s1. The normalized spacial score (nSPS) is 14.6. The molecular formula is C32H55N7O5. The minimum atomic E-state index is -0.804. The topological polar surface area (TPSA) is 170 Å². The summed E-state index contributed by atoms with van der Waals surface area (Å²) in [7, 11) is 0. The lowest BCUT2D eigenvalue weighted by atomic mass is 10.0. The van der Waals surface area contributed by atoms with Crippen LogP contribution in [-0.2, 0) is 19.2 Å². The van der Waals surface area contributed by atoms with Gasteiger partial charge in [-0.3, -0.25) is 29.0 Å². The number of amides is 5. The number of rotatable bonds is 20. The average Bonchev–Trinajstić information content (AvgIpc) is 2.97. The fourth-order valence-electron chi connectivity index (χ4n) is 4.70. The van der Waals surface area contributed by atoms with Gasteiger partial charge in [-0.2, -0.15) is 0 Å². The Morgan fingerprint density at radius 3 is 1.91 bits per heavy atom. The van der Waals surface area contributed by atoms with Gasteiger partial charge in [-0.1, -0.05) is 54.4 Å². The van der Waals surface area contributed by atoms with Crippen LogP contribution < -0.4 is 31.9 Å². The number of nitrogens with one attached hydrogen (secondary N) is 6. The van der Waals surface area contributed by atoms with Gasteiger partial charge in [0.05, 0.1) is 11.6 Å². The van der Waals surface area contributed by atoms with Crippen molar-refractivity contribution in [2.75, 3.05) is 13.1 Å². The van der Waals surface area contributed by atoms with E-state index in [1.54, 1.807) is 25.3 Å². The third-order valence-corrected chi connectivity index (χ3v) is 7.10. The Labute approximate surface area is 263 Å². The Morgan fingerprint density at radius 1 is 0.773 bits per heavy atom. The summed E-state index contributed by atoms with van der Waals surface area (Å²) in [5.41, 5.74) is 0.347. The van der Waals surface area contributed by atoms with Gasteiger partial charge in [-0.15, -0.1) is 0 Å². The maximum Gasteiger partial charge on any atom is 0.253 e. The maximum atomic E-state index is 13.4. The molecule has 3 unspecified atom stereocenters. The summed E-state index contributed by atoms with van der Waals surface area (Å²) >= 11 is 0. The first kappa shape index (κ1) is 38.5. The van der Waals surface area contributed by atoms with Gasteiger partial charge in [0.15, 0.2) is 0 Å². The fourth-order valence-corrected chi connectivity index (χ4v) is 4.70. The Bertz CT molecular complexity index is 1050. The fraction of sp³-hybridized carbons (Fsp3) is 0.688. The smallest absolute Gasteiger partial charge is 0.253 e. The van der Waals surface area contributed by atoms with Crippen LogP contribution in [0.25, 0.3) is 0 Å². The second kappa shape index (κ2) is 20.4. The molecule has 248 valence electrons. The molecular weight excluding hydrogens is 562 g/mol. The van der Waals surface area contributed by atoms with Crippen molar-refractivity contribution < 1.29 is 24.0 Å². The van der Waals surface area contributed by atoms with Crippen LogP contribution in [0.4, 0.5) is 0 Å². The lowest BCUT2D eigenvalue weighted by Crippen LogP contribution is -2.57. The second-order valence-corrected chi connectivity index (χ2v) is 12.0. The lowest BCUT2D eigenvalue weighted by molar-refractivity contribution is -0.131. The van der Waals surface area contributed by atoms with Crippen LogP contribution >= 0.6 is 0 Å². The number of hydrogen-bond donors (Lipinski definition) is 6. The molecule has 1 rings (SSSR count). The molecule has 5 amide bonds. The highest BCUT2D eigenvalue weighted by atomic mass is 16.2. The van der Waals surface area contributed by atoms with Crippen LogP contribution in [0.2, 0.25) is 0 Å². The van der Waals surface area contributed by atoms with Crippen molar-refractivity contribution in [1.82, 2.24) is 36.9 Å². The molecule has 0 fully saturated rings. The molecule has 1 aromatic heterocycles. The third kappa shape index (κ3) is 13.8. The minimum Gasteiger partial charge on any atom is -0.355 e. The SMILES string of the molecule is CCCC(NC(=O)c1cccnc1)C(=O)N[C@@H](CCC)C(=O)NC(CN[C@@H](C)C(=O)NC(C(=O)NCC)C(C)C)CC(C)C. The zero-order valence-corrected chi connectivity index (χ0v) is 27.8. The average molecular weight is 618 g/mol. The van der Waals surface area contributed by atoms with E-state index in [1.807, 2.05) is 48.5 Å². The minimum absolute atomic E-state index is 0.0861. The molecule has 0 radical (unpaired) electrons. The molecule has 1 heterocycles. The van der Waals surface area contributed by atoms with Crippen molar-refractivity contribution in [2.45, 2.75) is 118 Å². The van der Waals surface area contributed by atoms with E-state index in [4.69, 9.17) is 0 Å². The summed E-state index contributed by atoms with van der Waals surface area (Å²) in [4.78, 5) is 68.7. The van der Waals surface area contributed by atoms with Crippen molar-refractivity contribution in [2.24, 2.45) is 11.8 Å². The number of carbonyl (C=O) groups excluding carboxylic acids is 5. The first-order valence-electron chi connectivity index (χ1n) is 16.0. The van der Waals surface area contributed by atoms with Gasteiger partial charge in [0.1, 0.15) is 18.1 Å². The molecule has 0 aliphatic rings. The summed E-state index contributed by atoms with van der Waals surface area (Å²) in [6.07, 6.45) is 5.79. The van der Waals surface area contributed by atoms with Crippen LogP contribution in [0, 0.1) is 11.8 Å². The number of pyridine rings is 1. The Balaban J connectivity index is 2.90.